The number of carbonyl (C=O) groups excluding carboxylic acids is 2. The predicted octanol–water partition coefficient (Wildman–Crippen LogP) is 3.80. The van der Waals surface area contributed by atoms with Crippen molar-refractivity contribution in [1.29, 1.82) is 0 Å². The highest BCUT2D eigenvalue weighted by atomic mass is 16.3. The van der Waals surface area contributed by atoms with Crippen molar-refractivity contribution in [3.05, 3.63) is 59.2 Å². The van der Waals surface area contributed by atoms with Crippen LogP contribution in [0.3, 0.4) is 0 Å². The second kappa shape index (κ2) is 10.2. The van der Waals surface area contributed by atoms with E-state index in [-0.39, 0.29) is 35.1 Å². The topological polar surface area (TPSA) is 107 Å². The number of phenolic OH excluding ortho intramolecular Hbond substituents is 1. The number of nitrogens with one attached hydrogen (secondary N) is 2. The van der Waals surface area contributed by atoms with Crippen molar-refractivity contribution in [3.8, 4) is 16.9 Å². The van der Waals surface area contributed by atoms with Crippen LogP contribution in [0.4, 0.5) is 15.3 Å². The quantitative estimate of drug-likeness (QED) is 0.586. The van der Waals surface area contributed by atoms with Crippen molar-refractivity contribution >= 4 is 17.7 Å². The Bertz CT molecular complexity index is 1160. The maximum absolute atomic E-state index is 13.1. The van der Waals surface area contributed by atoms with Crippen molar-refractivity contribution in [2.75, 3.05) is 25.5 Å². The molecule has 0 spiro atoms. The van der Waals surface area contributed by atoms with Gasteiger partial charge in [0.2, 0.25) is 0 Å². The number of phenols is 1. The number of piperidine rings is 1. The van der Waals surface area contributed by atoms with Crippen LogP contribution in [0.1, 0.15) is 32.6 Å². The van der Waals surface area contributed by atoms with E-state index in [1.54, 1.807) is 58.7 Å². The molecule has 2 aliphatic rings. The van der Waals surface area contributed by atoms with Crippen LogP contribution < -0.4 is 16.2 Å². The van der Waals surface area contributed by atoms with E-state index in [1.165, 1.54) is 0 Å². The molecule has 0 radical (unpaired) electrons. The van der Waals surface area contributed by atoms with E-state index in [2.05, 4.69) is 17.2 Å². The largest absolute Gasteiger partial charge is 0.508 e. The summed E-state index contributed by atoms with van der Waals surface area (Å²) in [6.45, 7) is 7.02. The molecule has 0 atom stereocenters. The fourth-order valence-corrected chi connectivity index (χ4v) is 4.34. The smallest absolute Gasteiger partial charge is 0.321 e. The maximum atomic E-state index is 13.1. The van der Waals surface area contributed by atoms with Gasteiger partial charge < -0.3 is 30.1 Å². The molecular formula is C26H33N5O4. The Morgan fingerprint density at radius 1 is 1.11 bits per heavy atom. The molecule has 1 aliphatic carbocycles. The van der Waals surface area contributed by atoms with Crippen LogP contribution in [-0.2, 0) is 6.54 Å². The zero-order valence-electron chi connectivity index (χ0n) is 20.3. The molecule has 2 heterocycles. The van der Waals surface area contributed by atoms with Crippen molar-refractivity contribution in [3.63, 3.8) is 0 Å². The third-order valence-electron chi connectivity index (χ3n) is 6.62. The van der Waals surface area contributed by atoms with Gasteiger partial charge in [-0.15, -0.1) is 0 Å². The molecule has 3 N–H and O–H groups in total. The summed E-state index contributed by atoms with van der Waals surface area (Å²) >= 11 is 0. The molecule has 1 saturated heterocycles. The molecule has 4 amide bonds. The summed E-state index contributed by atoms with van der Waals surface area (Å²) in [5, 5.41) is 15.2. The number of carbonyl (C=O) groups is 2. The molecule has 186 valence electrons. The Labute approximate surface area is 205 Å². The number of nitrogens with zero attached hydrogens (tertiary/aromatic N) is 3. The lowest BCUT2D eigenvalue weighted by molar-refractivity contribution is 0.146. The lowest BCUT2D eigenvalue weighted by Crippen LogP contribution is -2.50. The van der Waals surface area contributed by atoms with Crippen molar-refractivity contribution in [1.82, 2.24) is 19.7 Å². The van der Waals surface area contributed by atoms with Gasteiger partial charge in [0.15, 0.2) is 0 Å². The maximum Gasteiger partial charge on any atom is 0.321 e. The third-order valence-corrected chi connectivity index (χ3v) is 6.62. The monoisotopic (exact) mass is 479 g/mol. The van der Waals surface area contributed by atoms with E-state index >= 15 is 0 Å². The van der Waals surface area contributed by atoms with Crippen LogP contribution in [0.15, 0.2) is 53.6 Å². The molecule has 0 unspecified atom stereocenters. The number of aromatic nitrogens is 1. The first kappa shape index (κ1) is 24.4. The lowest BCUT2D eigenvalue weighted by Gasteiger charge is -2.36. The minimum atomic E-state index is -0.324. The average molecular weight is 480 g/mol. The molecule has 1 aliphatic heterocycles. The SMILES string of the molecule is C=C(C)NC(=O)N(C)C1CCN(C(=O)Nc2cc(-c3ccc(O)cc3)cn(CC3CC3)c2=O)CC1. The Morgan fingerprint density at radius 3 is 2.37 bits per heavy atom. The molecule has 9 heteroatoms. The highest BCUT2D eigenvalue weighted by Gasteiger charge is 2.28. The number of anilines is 1. The summed E-state index contributed by atoms with van der Waals surface area (Å²) in [6, 6.07) is 7.95. The van der Waals surface area contributed by atoms with Crippen molar-refractivity contribution in [2.45, 2.75) is 45.2 Å². The van der Waals surface area contributed by atoms with Crippen LogP contribution in [0.2, 0.25) is 0 Å². The number of urea groups is 2. The molecule has 1 saturated carbocycles. The van der Waals surface area contributed by atoms with E-state index in [1.807, 2.05) is 6.20 Å². The fourth-order valence-electron chi connectivity index (χ4n) is 4.34. The van der Waals surface area contributed by atoms with Gasteiger partial charge in [0.1, 0.15) is 11.4 Å². The van der Waals surface area contributed by atoms with Gasteiger partial charge in [0.25, 0.3) is 5.56 Å². The van der Waals surface area contributed by atoms with Gasteiger partial charge in [-0.05, 0) is 62.3 Å². The number of hydrogen-bond donors (Lipinski definition) is 3. The molecule has 35 heavy (non-hydrogen) atoms. The highest BCUT2D eigenvalue weighted by molar-refractivity contribution is 5.90. The van der Waals surface area contributed by atoms with Crippen molar-refractivity contribution in [2.24, 2.45) is 5.92 Å². The molecule has 9 nitrogen and oxygen atoms in total. The number of benzene rings is 1. The molecule has 2 fully saturated rings. The fraction of sp³-hybridized carbons (Fsp3) is 0.423. The normalized spacial score (nSPS) is 16.0. The first-order valence-corrected chi connectivity index (χ1v) is 12.0. The van der Waals surface area contributed by atoms with Crippen LogP contribution in [0.25, 0.3) is 11.1 Å². The number of likely N-dealkylation sites (tertiary alicyclic amines) is 1. The van der Waals surface area contributed by atoms with Gasteiger partial charge in [0, 0.05) is 50.2 Å². The van der Waals surface area contributed by atoms with E-state index in [0.717, 1.165) is 24.0 Å². The summed E-state index contributed by atoms with van der Waals surface area (Å²) in [6.07, 6.45) is 5.32. The number of hydrogen-bond acceptors (Lipinski definition) is 4. The van der Waals surface area contributed by atoms with Crippen LogP contribution in [-0.4, -0.2) is 57.7 Å². The number of rotatable bonds is 6. The minimum Gasteiger partial charge on any atom is -0.508 e. The predicted molar refractivity (Wildman–Crippen MR) is 135 cm³/mol. The number of aromatic hydroxyl groups is 1. The van der Waals surface area contributed by atoms with Gasteiger partial charge in [-0.3, -0.25) is 4.79 Å². The second-order valence-electron chi connectivity index (χ2n) is 9.56. The summed E-state index contributed by atoms with van der Waals surface area (Å²) < 4.78 is 1.68. The van der Waals surface area contributed by atoms with E-state index < -0.39 is 0 Å². The first-order valence-electron chi connectivity index (χ1n) is 12.0. The van der Waals surface area contributed by atoms with E-state index in [4.69, 9.17) is 0 Å². The molecule has 2 aromatic rings. The summed E-state index contributed by atoms with van der Waals surface area (Å²) in [4.78, 5) is 41.7. The third kappa shape index (κ3) is 6.03. The number of allylic oxidation sites excluding steroid dienone is 1. The van der Waals surface area contributed by atoms with Gasteiger partial charge in [-0.2, -0.15) is 0 Å². The summed E-state index contributed by atoms with van der Waals surface area (Å²) in [7, 11) is 1.75. The molecule has 1 aromatic heterocycles. The zero-order valence-corrected chi connectivity index (χ0v) is 20.3. The molecular weight excluding hydrogens is 446 g/mol. The first-order chi connectivity index (χ1) is 16.7. The molecule has 1 aromatic carbocycles. The molecule has 0 bridgehead atoms. The van der Waals surface area contributed by atoms with Crippen LogP contribution >= 0.6 is 0 Å². The van der Waals surface area contributed by atoms with Crippen LogP contribution in [0.5, 0.6) is 5.75 Å². The zero-order chi connectivity index (χ0) is 25.1. The highest BCUT2D eigenvalue weighted by Crippen LogP contribution is 2.31. The van der Waals surface area contributed by atoms with Gasteiger partial charge in [-0.25, -0.2) is 9.59 Å². The van der Waals surface area contributed by atoms with Gasteiger partial charge in [-0.1, -0.05) is 18.7 Å². The summed E-state index contributed by atoms with van der Waals surface area (Å²) in [5.74, 6) is 0.657. The van der Waals surface area contributed by atoms with Gasteiger partial charge >= 0.3 is 12.1 Å². The van der Waals surface area contributed by atoms with Gasteiger partial charge in [0.05, 0.1) is 0 Å². The Balaban J connectivity index is 1.46. The number of pyridine rings is 1. The average Bonchev–Trinajstić information content (AvgIpc) is 3.65. The van der Waals surface area contributed by atoms with E-state index in [9.17, 15) is 19.5 Å². The number of amides is 4. The van der Waals surface area contributed by atoms with E-state index in [0.29, 0.717) is 44.1 Å². The lowest BCUT2D eigenvalue weighted by atomic mass is 10.0. The Morgan fingerprint density at radius 2 is 1.77 bits per heavy atom. The summed E-state index contributed by atoms with van der Waals surface area (Å²) in [5.41, 5.74) is 2.24. The standard InChI is InChI=1S/C26H33N5O4/c1-17(2)27-25(34)29(3)21-10-12-30(13-11-21)26(35)28-23-14-20(19-6-8-22(32)9-7-19)16-31(24(23)33)15-18-4-5-18/h6-9,14,16,18,21,32H,1,4-5,10-13,15H2,2-3H3,(H,27,34)(H,28,35). The Hall–Kier alpha value is -3.75. The van der Waals surface area contributed by atoms with Crippen LogP contribution in [0, 0.1) is 5.92 Å². The van der Waals surface area contributed by atoms with Crippen molar-refractivity contribution < 1.29 is 14.7 Å². The minimum absolute atomic E-state index is 0.0204. The Kier molecular flexibility index (Phi) is 7.14. The second-order valence-corrected chi connectivity index (χ2v) is 9.56. The molecule has 4 rings (SSSR count).